The van der Waals surface area contributed by atoms with E-state index in [-0.39, 0.29) is 16.5 Å². The molecule has 104 valence electrons. The molecule has 0 radical (unpaired) electrons. The van der Waals surface area contributed by atoms with Crippen LogP contribution < -0.4 is 4.72 Å². The average Bonchev–Trinajstić information content (AvgIpc) is 2.74. The van der Waals surface area contributed by atoms with Crippen molar-refractivity contribution in [2.75, 3.05) is 0 Å². The van der Waals surface area contributed by atoms with Gasteiger partial charge in [0.05, 0.1) is 10.5 Å². The molecule has 2 unspecified atom stereocenters. The second kappa shape index (κ2) is 5.30. The zero-order valence-corrected chi connectivity index (χ0v) is 11.5. The molecule has 2 N–H and O–H groups in total. The summed E-state index contributed by atoms with van der Waals surface area (Å²) in [5.41, 5.74) is 0.0773. The number of sulfonamides is 1. The number of carboxylic acids is 1. The van der Waals surface area contributed by atoms with Crippen molar-refractivity contribution in [1.82, 2.24) is 4.72 Å². The third kappa shape index (κ3) is 3.33. The summed E-state index contributed by atoms with van der Waals surface area (Å²) in [4.78, 5) is 10.8. The maximum absolute atomic E-state index is 12.1. The molecule has 1 aliphatic rings. The normalized spacial score (nSPS) is 23.4. The zero-order valence-electron chi connectivity index (χ0n) is 10.7. The third-order valence-corrected chi connectivity index (χ3v) is 4.96. The number of hydrogen-bond acceptors (Lipinski definition) is 3. The van der Waals surface area contributed by atoms with Crippen LogP contribution in [0.3, 0.4) is 0 Å². The molecular formula is C13H17NO4S. The summed E-state index contributed by atoms with van der Waals surface area (Å²) in [6.45, 7) is 2.11. The lowest BCUT2D eigenvalue weighted by Gasteiger charge is -2.13. The molecule has 0 heterocycles. The minimum absolute atomic E-state index is 0.0147. The fraction of sp³-hybridized carbons (Fsp3) is 0.462. The average molecular weight is 283 g/mol. The van der Waals surface area contributed by atoms with Crippen LogP contribution in [0.5, 0.6) is 0 Å². The van der Waals surface area contributed by atoms with E-state index in [1.165, 1.54) is 24.3 Å². The first-order chi connectivity index (χ1) is 8.88. The SMILES string of the molecule is CC1CCC(NS(=O)(=O)c2ccc(C(=O)O)cc2)C1. The summed E-state index contributed by atoms with van der Waals surface area (Å²) < 4.78 is 26.9. The van der Waals surface area contributed by atoms with Gasteiger partial charge in [-0.2, -0.15) is 0 Å². The molecule has 0 aromatic heterocycles. The highest BCUT2D eigenvalue weighted by atomic mass is 32.2. The van der Waals surface area contributed by atoms with Crippen molar-refractivity contribution in [3.8, 4) is 0 Å². The van der Waals surface area contributed by atoms with Gasteiger partial charge in [0.2, 0.25) is 10.0 Å². The van der Waals surface area contributed by atoms with Gasteiger partial charge in [0.15, 0.2) is 0 Å². The molecule has 2 rings (SSSR count). The molecule has 0 spiro atoms. The van der Waals surface area contributed by atoms with Gasteiger partial charge in [-0.1, -0.05) is 6.92 Å². The molecule has 0 aliphatic heterocycles. The highest BCUT2D eigenvalue weighted by Crippen LogP contribution is 2.26. The summed E-state index contributed by atoms with van der Waals surface area (Å²) in [6.07, 6.45) is 2.74. The Bertz CT molecular complexity index is 565. The fourth-order valence-electron chi connectivity index (χ4n) is 2.38. The molecule has 1 fully saturated rings. The quantitative estimate of drug-likeness (QED) is 0.883. The Kier molecular flexibility index (Phi) is 3.91. The van der Waals surface area contributed by atoms with Gasteiger partial charge in [-0.15, -0.1) is 0 Å². The van der Waals surface area contributed by atoms with Crippen LogP contribution in [0.2, 0.25) is 0 Å². The van der Waals surface area contributed by atoms with Gasteiger partial charge in [0, 0.05) is 6.04 Å². The van der Waals surface area contributed by atoms with E-state index < -0.39 is 16.0 Å². The van der Waals surface area contributed by atoms with Crippen molar-refractivity contribution in [2.45, 2.75) is 37.1 Å². The first-order valence-corrected chi connectivity index (χ1v) is 7.72. The zero-order chi connectivity index (χ0) is 14.0. The van der Waals surface area contributed by atoms with Crippen LogP contribution in [0.25, 0.3) is 0 Å². The summed E-state index contributed by atoms with van der Waals surface area (Å²) in [5, 5.41) is 8.77. The van der Waals surface area contributed by atoms with E-state index in [1.807, 2.05) is 0 Å². The van der Waals surface area contributed by atoms with Crippen LogP contribution in [0.15, 0.2) is 29.2 Å². The maximum Gasteiger partial charge on any atom is 0.335 e. The Morgan fingerprint density at radius 3 is 2.37 bits per heavy atom. The molecule has 2 atom stereocenters. The van der Waals surface area contributed by atoms with Crippen LogP contribution in [0.1, 0.15) is 36.5 Å². The van der Waals surface area contributed by atoms with E-state index >= 15 is 0 Å². The predicted molar refractivity (Wildman–Crippen MR) is 70.5 cm³/mol. The molecule has 6 heteroatoms. The molecule has 0 bridgehead atoms. The minimum Gasteiger partial charge on any atom is -0.478 e. The van der Waals surface area contributed by atoms with Crippen LogP contribution in [0.4, 0.5) is 0 Å². The molecule has 0 amide bonds. The number of carbonyl (C=O) groups is 1. The van der Waals surface area contributed by atoms with Gasteiger partial charge in [0.25, 0.3) is 0 Å². The van der Waals surface area contributed by atoms with E-state index in [2.05, 4.69) is 11.6 Å². The smallest absolute Gasteiger partial charge is 0.335 e. The molecule has 5 nitrogen and oxygen atoms in total. The lowest BCUT2D eigenvalue weighted by atomic mass is 10.1. The molecule has 0 saturated heterocycles. The highest BCUT2D eigenvalue weighted by molar-refractivity contribution is 7.89. The fourth-order valence-corrected chi connectivity index (χ4v) is 3.66. The number of hydrogen-bond donors (Lipinski definition) is 2. The van der Waals surface area contributed by atoms with Crippen LogP contribution in [0, 0.1) is 5.92 Å². The Morgan fingerprint density at radius 1 is 1.26 bits per heavy atom. The largest absolute Gasteiger partial charge is 0.478 e. The van der Waals surface area contributed by atoms with Crippen molar-refractivity contribution < 1.29 is 18.3 Å². The first kappa shape index (κ1) is 14.0. The third-order valence-electron chi connectivity index (χ3n) is 3.43. The van der Waals surface area contributed by atoms with Gasteiger partial charge in [-0.05, 0) is 49.4 Å². The van der Waals surface area contributed by atoms with Crippen molar-refractivity contribution in [3.05, 3.63) is 29.8 Å². The standard InChI is InChI=1S/C13H17NO4S/c1-9-2-5-11(8-9)14-19(17,18)12-6-3-10(4-7-12)13(15)16/h3-4,6-7,9,11,14H,2,5,8H2,1H3,(H,15,16). The molecule has 1 saturated carbocycles. The summed E-state index contributed by atoms with van der Waals surface area (Å²) in [5.74, 6) is -0.524. The Morgan fingerprint density at radius 2 is 1.89 bits per heavy atom. The van der Waals surface area contributed by atoms with E-state index in [0.717, 1.165) is 19.3 Å². The molecule has 1 aromatic carbocycles. The monoisotopic (exact) mass is 283 g/mol. The van der Waals surface area contributed by atoms with Gasteiger partial charge >= 0.3 is 5.97 Å². The minimum atomic E-state index is -3.55. The number of carboxylic acid groups (broad SMARTS) is 1. The second-order valence-electron chi connectivity index (χ2n) is 5.07. The van der Waals surface area contributed by atoms with Gasteiger partial charge < -0.3 is 5.11 Å². The molecule has 19 heavy (non-hydrogen) atoms. The van der Waals surface area contributed by atoms with E-state index in [0.29, 0.717) is 5.92 Å². The van der Waals surface area contributed by atoms with Gasteiger partial charge in [-0.3, -0.25) is 0 Å². The first-order valence-electron chi connectivity index (χ1n) is 6.24. The van der Waals surface area contributed by atoms with E-state index in [4.69, 9.17) is 5.11 Å². The van der Waals surface area contributed by atoms with Gasteiger partial charge in [0.1, 0.15) is 0 Å². The number of aromatic carboxylic acids is 1. The van der Waals surface area contributed by atoms with Crippen molar-refractivity contribution in [1.29, 1.82) is 0 Å². The van der Waals surface area contributed by atoms with Crippen LogP contribution >= 0.6 is 0 Å². The van der Waals surface area contributed by atoms with Crippen LogP contribution in [-0.4, -0.2) is 25.5 Å². The number of rotatable bonds is 4. The highest BCUT2D eigenvalue weighted by Gasteiger charge is 2.26. The lowest BCUT2D eigenvalue weighted by molar-refractivity contribution is 0.0696. The second-order valence-corrected chi connectivity index (χ2v) is 6.78. The molecule has 1 aromatic rings. The Labute approximate surface area is 112 Å². The van der Waals surface area contributed by atoms with Gasteiger partial charge in [-0.25, -0.2) is 17.9 Å². The topological polar surface area (TPSA) is 83.5 Å². The van der Waals surface area contributed by atoms with E-state index in [1.54, 1.807) is 0 Å². The van der Waals surface area contributed by atoms with Crippen LogP contribution in [-0.2, 0) is 10.0 Å². The number of benzene rings is 1. The number of nitrogens with one attached hydrogen (secondary N) is 1. The predicted octanol–water partition coefficient (Wildman–Crippen LogP) is 1.85. The summed E-state index contributed by atoms with van der Waals surface area (Å²) in [7, 11) is -3.55. The maximum atomic E-state index is 12.1. The van der Waals surface area contributed by atoms with Crippen molar-refractivity contribution in [2.24, 2.45) is 5.92 Å². The molecular weight excluding hydrogens is 266 g/mol. The molecule has 1 aliphatic carbocycles. The Balaban J connectivity index is 2.13. The lowest BCUT2D eigenvalue weighted by Crippen LogP contribution is -2.32. The Hall–Kier alpha value is -1.40. The summed E-state index contributed by atoms with van der Waals surface area (Å²) >= 11 is 0. The summed E-state index contributed by atoms with van der Waals surface area (Å²) in [6, 6.07) is 5.23. The van der Waals surface area contributed by atoms with E-state index in [9.17, 15) is 13.2 Å². The van der Waals surface area contributed by atoms with Crippen molar-refractivity contribution >= 4 is 16.0 Å². The van der Waals surface area contributed by atoms with Crippen molar-refractivity contribution in [3.63, 3.8) is 0 Å².